The van der Waals surface area contributed by atoms with Gasteiger partial charge in [0.05, 0.1) is 18.3 Å². The van der Waals surface area contributed by atoms with Gasteiger partial charge in [-0.15, -0.1) is 5.10 Å². The highest BCUT2D eigenvalue weighted by Crippen LogP contribution is 2.26. The minimum Gasteiger partial charge on any atom is -0.456 e. The van der Waals surface area contributed by atoms with Crippen molar-refractivity contribution in [3.05, 3.63) is 81.5 Å². The van der Waals surface area contributed by atoms with Crippen molar-refractivity contribution in [2.45, 2.75) is 66.2 Å². The number of carbonyl (C=O) groups excluding carboxylic acids is 2. The van der Waals surface area contributed by atoms with E-state index in [1.807, 2.05) is 92.3 Å². The van der Waals surface area contributed by atoms with Gasteiger partial charge in [0.25, 0.3) is 5.91 Å². The van der Waals surface area contributed by atoms with Crippen LogP contribution in [0.15, 0.2) is 53.1 Å². The van der Waals surface area contributed by atoms with E-state index in [2.05, 4.69) is 42.9 Å². The molecule has 10 heteroatoms. The van der Waals surface area contributed by atoms with Crippen LogP contribution < -0.4 is 0 Å². The van der Waals surface area contributed by atoms with E-state index in [0.717, 1.165) is 65.3 Å². The summed E-state index contributed by atoms with van der Waals surface area (Å²) in [4.78, 5) is 28.0. The van der Waals surface area contributed by atoms with Crippen LogP contribution in [-0.2, 0) is 24.9 Å². The number of aryl methyl sites for hydroxylation is 1. The molecule has 1 fully saturated rings. The number of piperidine rings is 1. The van der Waals surface area contributed by atoms with Crippen molar-refractivity contribution >= 4 is 27.8 Å². The monoisotopic (exact) mass is 634 g/mol. The standard InChI is InChI=1S/C32H39BrN6O3/c1-21-17-27(31(41)42-32(3,4)5)22(2)39(21)20-26-19-38(35-34-26)18-23-13-15-37(16-14-23)30(40)29-12-11-28(36(29)6)24-7-9-25(33)10-8-24/h7-12,17,19,23H,13-16,18,20H2,1-6H3. The summed E-state index contributed by atoms with van der Waals surface area (Å²) in [6.45, 7) is 12.3. The van der Waals surface area contributed by atoms with Gasteiger partial charge < -0.3 is 18.8 Å². The molecule has 1 aromatic carbocycles. The number of benzene rings is 1. The summed E-state index contributed by atoms with van der Waals surface area (Å²) < 4.78 is 12.6. The van der Waals surface area contributed by atoms with Crippen LogP contribution >= 0.6 is 15.9 Å². The first-order chi connectivity index (χ1) is 19.9. The number of hydrogen-bond acceptors (Lipinski definition) is 5. The fraction of sp³-hybridized carbons (Fsp3) is 0.438. The number of nitrogens with zero attached hydrogens (tertiary/aromatic N) is 6. The smallest absolute Gasteiger partial charge is 0.340 e. The van der Waals surface area contributed by atoms with Gasteiger partial charge in [-0.1, -0.05) is 33.3 Å². The average Bonchev–Trinajstić information content (AvgIpc) is 3.62. The van der Waals surface area contributed by atoms with Crippen LogP contribution in [0.5, 0.6) is 0 Å². The van der Waals surface area contributed by atoms with Gasteiger partial charge in [-0.2, -0.15) is 0 Å². The lowest BCUT2D eigenvalue weighted by Crippen LogP contribution is -2.40. The van der Waals surface area contributed by atoms with E-state index >= 15 is 0 Å². The molecule has 0 atom stereocenters. The van der Waals surface area contributed by atoms with Gasteiger partial charge in [0.2, 0.25) is 0 Å². The summed E-state index contributed by atoms with van der Waals surface area (Å²) in [7, 11) is 1.95. The Morgan fingerprint density at radius 1 is 1.05 bits per heavy atom. The van der Waals surface area contributed by atoms with Gasteiger partial charge in [-0.3, -0.25) is 9.48 Å². The Balaban J connectivity index is 1.16. The van der Waals surface area contributed by atoms with E-state index in [1.165, 1.54) is 0 Å². The van der Waals surface area contributed by atoms with Gasteiger partial charge in [0, 0.05) is 48.2 Å². The van der Waals surface area contributed by atoms with Crippen LogP contribution in [0.25, 0.3) is 11.3 Å². The highest BCUT2D eigenvalue weighted by molar-refractivity contribution is 9.10. The number of esters is 1. The van der Waals surface area contributed by atoms with Crippen LogP contribution in [0.4, 0.5) is 0 Å². The van der Waals surface area contributed by atoms with Crippen molar-refractivity contribution in [2.24, 2.45) is 13.0 Å². The number of aromatic nitrogens is 5. The molecule has 42 heavy (non-hydrogen) atoms. The predicted octanol–water partition coefficient (Wildman–Crippen LogP) is 6.02. The zero-order valence-corrected chi connectivity index (χ0v) is 26.8. The largest absolute Gasteiger partial charge is 0.456 e. The van der Waals surface area contributed by atoms with Crippen molar-refractivity contribution in [2.75, 3.05) is 13.1 Å². The molecule has 1 amide bonds. The third kappa shape index (κ3) is 6.53. The molecule has 1 saturated heterocycles. The molecule has 0 bridgehead atoms. The molecule has 0 unspecified atom stereocenters. The third-order valence-electron chi connectivity index (χ3n) is 7.93. The Morgan fingerprint density at radius 3 is 2.40 bits per heavy atom. The normalized spacial score (nSPS) is 14.4. The van der Waals surface area contributed by atoms with E-state index in [9.17, 15) is 9.59 Å². The maximum absolute atomic E-state index is 13.4. The lowest BCUT2D eigenvalue weighted by Gasteiger charge is -2.32. The van der Waals surface area contributed by atoms with Crippen molar-refractivity contribution in [1.29, 1.82) is 0 Å². The number of likely N-dealkylation sites (tertiary alicyclic amines) is 1. The summed E-state index contributed by atoms with van der Waals surface area (Å²) in [5.74, 6) is 0.183. The maximum atomic E-state index is 13.4. The second-order valence-corrected chi connectivity index (χ2v) is 13.1. The summed E-state index contributed by atoms with van der Waals surface area (Å²) in [5.41, 5.74) is 5.51. The van der Waals surface area contributed by atoms with Crippen LogP contribution in [-0.4, -0.2) is 59.6 Å². The summed E-state index contributed by atoms with van der Waals surface area (Å²) in [6.07, 6.45) is 3.82. The lowest BCUT2D eigenvalue weighted by molar-refractivity contribution is 0.00684. The molecule has 4 aromatic rings. The van der Waals surface area contributed by atoms with Gasteiger partial charge in [-0.05, 0) is 89.3 Å². The molecule has 0 spiro atoms. The fourth-order valence-corrected chi connectivity index (χ4v) is 5.89. The zero-order chi connectivity index (χ0) is 30.2. The Kier molecular flexibility index (Phi) is 8.46. The van der Waals surface area contributed by atoms with Crippen LogP contribution in [0.3, 0.4) is 0 Å². The summed E-state index contributed by atoms with van der Waals surface area (Å²) in [5, 5.41) is 8.78. The van der Waals surface area contributed by atoms with E-state index in [0.29, 0.717) is 23.7 Å². The van der Waals surface area contributed by atoms with Gasteiger partial charge in [0.15, 0.2) is 0 Å². The van der Waals surface area contributed by atoms with Crippen molar-refractivity contribution < 1.29 is 14.3 Å². The van der Waals surface area contributed by atoms with E-state index in [4.69, 9.17) is 4.74 Å². The second-order valence-electron chi connectivity index (χ2n) is 12.2. The molecule has 0 radical (unpaired) electrons. The molecule has 0 N–H and O–H groups in total. The van der Waals surface area contributed by atoms with Crippen molar-refractivity contribution in [3.8, 4) is 11.3 Å². The van der Waals surface area contributed by atoms with Gasteiger partial charge in [0.1, 0.15) is 17.0 Å². The minimum atomic E-state index is -0.545. The Morgan fingerprint density at radius 2 is 1.74 bits per heavy atom. The van der Waals surface area contributed by atoms with Crippen LogP contribution in [0, 0.1) is 19.8 Å². The predicted molar refractivity (Wildman–Crippen MR) is 165 cm³/mol. The van der Waals surface area contributed by atoms with Crippen LogP contribution in [0.1, 0.15) is 71.5 Å². The molecule has 0 aliphatic carbocycles. The van der Waals surface area contributed by atoms with Gasteiger partial charge in [-0.25, -0.2) is 4.79 Å². The highest BCUT2D eigenvalue weighted by atomic mass is 79.9. The zero-order valence-electron chi connectivity index (χ0n) is 25.2. The maximum Gasteiger partial charge on any atom is 0.340 e. The topological polar surface area (TPSA) is 87.2 Å². The molecule has 1 aliphatic heterocycles. The molecule has 3 aromatic heterocycles. The first kappa shape index (κ1) is 29.8. The fourth-order valence-electron chi connectivity index (χ4n) is 5.63. The van der Waals surface area contributed by atoms with E-state index in [-0.39, 0.29) is 11.9 Å². The average molecular weight is 636 g/mol. The van der Waals surface area contributed by atoms with Crippen molar-refractivity contribution in [1.82, 2.24) is 29.0 Å². The molecule has 9 nitrogen and oxygen atoms in total. The summed E-state index contributed by atoms with van der Waals surface area (Å²) in [6, 6.07) is 13.9. The molecule has 222 valence electrons. The molecular formula is C32H39BrN6O3. The van der Waals surface area contributed by atoms with E-state index < -0.39 is 5.60 Å². The minimum absolute atomic E-state index is 0.0746. The SMILES string of the molecule is Cc1cc(C(=O)OC(C)(C)C)c(C)n1Cc1cn(CC2CCN(C(=O)c3ccc(-c4ccc(Br)cc4)n3C)CC2)nn1. The van der Waals surface area contributed by atoms with E-state index in [1.54, 1.807) is 0 Å². The number of hydrogen-bond donors (Lipinski definition) is 0. The molecule has 0 saturated carbocycles. The Hall–Kier alpha value is -3.66. The number of rotatable bonds is 7. The molecule has 5 rings (SSSR count). The first-order valence-corrected chi connectivity index (χ1v) is 15.2. The van der Waals surface area contributed by atoms with Gasteiger partial charge >= 0.3 is 5.97 Å². The number of carbonyl (C=O) groups is 2. The van der Waals surface area contributed by atoms with Crippen molar-refractivity contribution in [3.63, 3.8) is 0 Å². The number of ether oxygens (including phenoxy) is 1. The Bertz CT molecular complexity index is 1580. The van der Waals surface area contributed by atoms with Crippen LogP contribution in [0.2, 0.25) is 0 Å². The quantitative estimate of drug-likeness (QED) is 0.232. The Labute approximate surface area is 255 Å². The first-order valence-electron chi connectivity index (χ1n) is 14.4. The summed E-state index contributed by atoms with van der Waals surface area (Å²) >= 11 is 3.48. The number of halogens is 1. The number of amides is 1. The highest BCUT2D eigenvalue weighted by Gasteiger charge is 2.27. The molecule has 4 heterocycles. The lowest BCUT2D eigenvalue weighted by atomic mass is 9.96. The second kappa shape index (κ2) is 11.9. The third-order valence-corrected chi connectivity index (χ3v) is 8.46. The molecule has 1 aliphatic rings. The molecular weight excluding hydrogens is 596 g/mol.